The van der Waals surface area contributed by atoms with Crippen molar-refractivity contribution in [1.29, 1.82) is 0 Å². The lowest BCUT2D eigenvalue weighted by Crippen LogP contribution is -2.16. The topological polar surface area (TPSA) is 98.8 Å². The quantitative estimate of drug-likeness (QED) is 0.293. The molecule has 0 unspecified atom stereocenters. The van der Waals surface area contributed by atoms with Crippen LogP contribution in [0.5, 0.6) is 17.2 Å². The fourth-order valence-corrected chi connectivity index (χ4v) is 4.23. The van der Waals surface area contributed by atoms with E-state index < -0.39 is 0 Å². The lowest BCUT2D eigenvalue weighted by atomic mass is 10.00. The average Bonchev–Trinajstić information content (AvgIpc) is 3.27. The molecule has 0 aliphatic heterocycles. The van der Waals surface area contributed by atoms with Gasteiger partial charge in [-0.15, -0.1) is 0 Å². The summed E-state index contributed by atoms with van der Waals surface area (Å²) in [7, 11) is 8.07. The van der Waals surface area contributed by atoms with E-state index in [1.165, 1.54) is 12.1 Å². The molecule has 164 valence electrons. The number of aromatic nitrogens is 2. The molecule has 2 heterocycles. The van der Waals surface area contributed by atoms with Crippen LogP contribution < -0.4 is 0 Å². The highest BCUT2D eigenvalue weighted by molar-refractivity contribution is 6.01. The van der Waals surface area contributed by atoms with Gasteiger partial charge < -0.3 is 35.1 Å². The summed E-state index contributed by atoms with van der Waals surface area (Å²) < 4.78 is 0. The molecule has 5 N–H and O–H groups in total. The second-order valence-electron chi connectivity index (χ2n) is 8.62. The van der Waals surface area contributed by atoms with E-state index >= 15 is 0 Å². The summed E-state index contributed by atoms with van der Waals surface area (Å²) in [5.41, 5.74) is 5.03. The normalized spacial score (nSPS) is 12.1. The number of hydrogen-bond donors (Lipinski definition) is 5. The molecule has 0 aliphatic carbocycles. The Morgan fingerprint density at radius 2 is 1.23 bits per heavy atom. The van der Waals surface area contributed by atoms with Gasteiger partial charge in [-0.2, -0.15) is 0 Å². The van der Waals surface area contributed by atoms with E-state index in [9.17, 15) is 15.3 Å². The number of nitrogens with zero attached hydrogens (tertiary/aromatic N) is 2. The van der Waals surface area contributed by atoms with Gasteiger partial charge in [0.1, 0.15) is 17.2 Å². The van der Waals surface area contributed by atoms with Gasteiger partial charge in [0.15, 0.2) is 0 Å². The van der Waals surface area contributed by atoms with Crippen molar-refractivity contribution in [3.05, 3.63) is 41.5 Å². The SMILES string of the molecule is CN(C)CCc1c(-c2[nH]c3c(O)ccc(O)c3c2CCN(C)C)[nH]c2cccc(O)c12. The maximum Gasteiger partial charge on any atom is 0.139 e. The Bertz CT molecular complexity index is 1240. The van der Waals surface area contributed by atoms with Gasteiger partial charge >= 0.3 is 0 Å². The van der Waals surface area contributed by atoms with Crippen LogP contribution in [0.3, 0.4) is 0 Å². The highest BCUT2D eigenvalue weighted by Crippen LogP contribution is 2.43. The van der Waals surface area contributed by atoms with Crippen LogP contribution in [-0.2, 0) is 12.8 Å². The van der Waals surface area contributed by atoms with Gasteiger partial charge in [0.2, 0.25) is 0 Å². The van der Waals surface area contributed by atoms with Crippen molar-refractivity contribution in [3.63, 3.8) is 0 Å². The van der Waals surface area contributed by atoms with Gasteiger partial charge in [-0.3, -0.25) is 0 Å². The average molecular weight is 423 g/mol. The molecule has 0 saturated carbocycles. The Hall–Kier alpha value is -3.16. The molecule has 0 saturated heterocycles. The molecule has 31 heavy (non-hydrogen) atoms. The van der Waals surface area contributed by atoms with E-state index in [4.69, 9.17) is 0 Å². The summed E-state index contributed by atoms with van der Waals surface area (Å²) >= 11 is 0. The first kappa shape index (κ1) is 21.1. The molecular formula is C24H30N4O3. The molecule has 4 aromatic rings. The first-order valence-electron chi connectivity index (χ1n) is 10.5. The molecule has 0 fully saturated rings. The number of benzene rings is 2. The highest BCUT2D eigenvalue weighted by atomic mass is 16.3. The summed E-state index contributed by atoms with van der Waals surface area (Å²) in [4.78, 5) is 11.1. The van der Waals surface area contributed by atoms with Gasteiger partial charge in [-0.05, 0) is 76.4 Å². The van der Waals surface area contributed by atoms with E-state index in [2.05, 4.69) is 19.8 Å². The standard InChI is InChI=1S/C24H30N4O3/c1-27(2)12-10-14-20-16(6-5-7-17(20)29)25-22(14)23-15(11-13-28(3)4)21-18(30)8-9-19(31)24(21)26-23/h5-9,25-26,29-31H,10-13H2,1-4H3. The molecule has 7 nitrogen and oxygen atoms in total. The molecule has 2 aromatic carbocycles. The Morgan fingerprint density at radius 1 is 0.677 bits per heavy atom. The zero-order chi connectivity index (χ0) is 22.3. The van der Waals surface area contributed by atoms with Crippen molar-refractivity contribution in [1.82, 2.24) is 19.8 Å². The van der Waals surface area contributed by atoms with E-state index in [0.29, 0.717) is 17.3 Å². The summed E-state index contributed by atoms with van der Waals surface area (Å²) in [6.45, 7) is 1.60. The third-order valence-corrected chi connectivity index (χ3v) is 5.79. The van der Waals surface area contributed by atoms with E-state index in [-0.39, 0.29) is 17.2 Å². The first-order valence-corrected chi connectivity index (χ1v) is 10.5. The Morgan fingerprint density at radius 3 is 1.87 bits per heavy atom. The number of aromatic amines is 2. The molecule has 2 aromatic heterocycles. The van der Waals surface area contributed by atoms with Gasteiger partial charge in [0.25, 0.3) is 0 Å². The van der Waals surface area contributed by atoms with Crippen molar-refractivity contribution >= 4 is 21.8 Å². The van der Waals surface area contributed by atoms with Crippen LogP contribution in [-0.4, -0.2) is 76.4 Å². The largest absolute Gasteiger partial charge is 0.507 e. The Kier molecular flexibility index (Phi) is 5.56. The van der Waals surface area contributed by atoms with E-state index in [0.717, 1.165) is 52.9 Å². The van der Waals surface area contributed by atoms with Gasteiger partial charge in [0.05, 0.1) is 16.9 Å². The number of rotatable bonds is 7. The lowest BCUT2D eigenvalue weighted by molar-refractivity contribution is 0.413. The predicted octanol–water partition coefficient (Wildman–Crippen LogP) is 3.64. The van der Waals surface area contributed by atoms with Crippen LogP contribution in [0.4, 0.5) is 0 Å². The number of phenolic OH excluding ortho intramolecular Hbond substituents is 3. The minimum absolute atomic E-state index is 0.0963. The smallest absolute Gasteiger partial charge is 0.139 e. The number of aromatic hydroxyl groups is 3. The minimum Gasteiger partial charge on any atom is -0.507 e. The van der Waals surface area contributed by atoms with Gasteiger partial charge in [-0.25, -0.2) is 0 Å². The van der Waals surface area contributed by atoms with Crippen LogP contribution in [0.1, 0.15) is 11.1 Å². The van der Waals surface area contributed by atoms with Crippen LogP contribution >= 0.6 is 0 Å². The zero-order valence-electron chi connectivity index (χ0n) is 18.5. The second kappa shape index (κ2) is 8.17. The Labute approximate surface area is 181 Å². The molecule has 0 atom stereocenters. The van der Waals surface area contributed by atoms with Crippen molar-refractivity contribution < 1.29 is 15.3 Å². The molecule has 0 aliphatic rings. The fraction of sp³-hybridized carbons (Fsp3) is 0.333. The van der Waals surface area contributed by atoms with Crippen LogP contribution in [0.2, 0.25) is 0 Å². The molecule has 0 spiro atoms. The number of likely N-dealkylation sites (N-methyl/N-ethyl adjacent to an activating group) is 2. The van der Waals surface area contributed by atoms with E-state index in [1.807, 2.05) is 40.3 Å². The maximum absolute atomic E-state index is 10.6. The molecule has 4 rings (SSSR count). The molecule has 0 bridgehead atoms. The zero-order valence-corrected chi connectivity index (χ0v) is 18.5. The van der Waals surface area contributed by atoms with Crippen molar-refractivity contribution in [2.45, 2.75) is 12.8 Å². The number of nitrogens with one attached hydrogen (secondary N) is 2. The van der Waals surface area contributed by atoms with E-state index in [1.54, 1.807) is 6.07 Å². The summed E-state index contributed by atoms with van der Waals surface area (Å²) in [6.07, 6.45) is 1.42. The number of H-pyrrole nitrogens is 2. The number of phenols is 3. The minimum atomic E-state index is 0.0963. The predicted molar refractivity (Wildman–Crippen MR) is 125 cm³/mol. The third-order valence-electron chi connectivity index (χ3n) is 5.79. The van der Waals surface area contributed by atoms with Crippen LogP contribution in [0, 0.1) is 0 Å². The monoisotopic (exact) mass is 422 g/mol. The Balaban J connectivity index is 2.01. The summed E-state index contributed by atoms with van der Waals surface area (Å²) in [5, 5.41) is 33.2. The fourth-order valence-electron chi connectivity index (χ4n) is 4.23. The molecular weight excluding hydrogens is 392 g/mol. The van der Waals surface area contributed by atoms with Gasteiger partial charge in [0, 0.05) is 29.4 Å². The summed E-state index contributed by atoms with van der Waals surface area (Å²) in [6, 6.07) is 8.50. The highest BCUT2D eigenvalue weighted by Gasteiger charge is 2.23. The first-order chi connectivity index (χ1) is 14.8. The number of fused-ring (bicyclic) bond motifs is 2. The van der Waals surface area contributed by atoms with Crippen molar-refractivity contribution in [3.8, 4) is 28.6 Å². The molecule has 0 radical (unpaired) electrons. The third kappa shape index (κ3) is 3.82. The lowest BCUT2D eigenvalue weighted by Gasteiger charge is -2.13. The van der Waals surface area contributed by atoms with Gasteiger partial charge in [-0.1, -0.05) is 6.07 Å². The van der Waals surface area contributed by atoms with Crippen LogP contribution in [0.15, 0.2) is 30.3 Å². The summed E-state index contributed by atoms with van der Waals surface area (Å²) in [5.74, 6) is 0.474. The van der Waals surface area contributed by atoms with Crippen molar-refractivity contribution in [2.24, 2.45) is 0 Å². The molecule has 7 heteroatoms. The van der Waals surface area contributed by atoms with Crippen LogP contribution in [0.25, 0.3) is 33.2 Å². The molecule has 0 amide bonds. The van der Waals surface area contributed by atoms with Crippen molar-refractivity contribution in [2.75, 3.05) is 41.3 Å². The maximum atomic E-state index is 10.6. The number of hydrogen-bond acceptors (Lipinski definition) is 5. The second-order valence-corrected chi connectivity index (χ2v) is 8.62.